The summed E-state index contributed by atoms with van der Waals surface area (Å²) in [5, 5.41) is 0.0781. The predicted octanol–water partition coefficient (Wildman–Crippen LogP) is 1.19. The average molecular weight is 294 g/mol. The summed E-state index contributed by atoms with van der Waals surface area (Å²) in [4.78, 5) is 4.12. The van der Waals surface area contributed by atoms with Gasteiger partial charge in [-0.25, -0.2) is 13.4 Å². The lowest BCUT2D eigenvalue weighted by molar-refractivity contribution is 0.460. The van der Waals surface area contributed by atoms with Gasteiger partial charge in [0.1, 0.15) is 5.65 Å². The quantitative estimate of drug-likeness (QED) is 0.902. The third-order valence-corrected chi connectivity index (χ3v) is 5.92. The molecule has 2 unspecified atom stereocenters. The zero-order valence-electron chi connectivity index (χ0n) is 11.5. The largest absolute Gasteiger partial charge is 0.381 e. The van der Waals surface area contributed by atoms with Crippen LogP contribution in [-0.2, 0) is 10.0 Å². The van der Waals surface area contributed by atoms with Crippen molar-refractivity contribution in [3.05, 3.63) is 24.4 Å². The molecule has 0 saturated carbocycles. The van der Waals surface area contributed by atoms with Gasteiger partial charge in [0.05, 0.1) is 0 Å². The number of rotatable bonds is 2. The van der Waals surface area contributed by atoms with Crippen molar-refractivity contribution in [1.29, 1.82) is 0 Å². The van der Waals surface area contributed by atoms with Gasteiger partial charge in [0, 0.05) is 19.3 Å². The number of fused-ring (bicyclic) bond motifs is 1. The van der Waals surface area contributed by atoms with Crippen molar-refractivity contribution in [3.8, 4) is 0 Å². The van der Waals surface area contributed by atoms with Crippen LogP contribution < -0.4 is 5.73 Å². The normalized spacial score (nSPS) is 24.5. The lowest BCUT2D eigenvalue weighted by Gasteiger charge is -2.16. The minimum atomic E-state index is -3.61. The van der Waals surface area contributed by atoms with Crippen LogP contribution in [0.2, 0.25) is 0 Å². The van der Waals surface area contributed by atoms with Gasteiger partial charge in [0.2, 0.25) is 0 Å². The van der Waals surface area contributed by atoms with Gasteiger partial charge >= 0.3 is 0 Å². The average Bonchev–Trinajstić information content (AvgIpc) is 2.90. The maximum absolute atomic E-state index is 12.8. The van der Waals surface area contributed by atoms with Crippen molar-refractivity contribution in [2.24, 2.45) is 11.8 Å². The van der Waals surface area contributed by atoms with Crippen molar-refractivity contribution >= 4 is 21.5 Å². The highest BCUT2D eigenvalue weighted by molar-refractivity contribution is 7.89. The van der Waals surface area contributed by atoms with Gasteiger partial charge in [0.25, 0.3) is 10.0 Å². The molecule has 0 spiro atoms. The Balaban J connectivity index is 2.13. The van der Waals surface area contributed by atoms with Crippen molar-refractivity contribution in [3.63, 3.8) is 0 Å². The van der Waals surface area contributed by atoms with E-state index in [-0.39, 0.29) is 10.8 Å². The van der Waals surface area contributed by atoms with Gasteiger partial charge in [0.15, 0.2) is 10.8 Å². The van der Waals surface area contributed by atoms with E-state index in [0.29, 0.717) is 30.6 Å². The highest BCUT2D eigenvalue weighted by Gasteiger charge is 2.37. The molecule has 0 aliphatic carbocycles. The van der Waals surface area contributed by atoms with Crippen LogP contribution >= 0.6 is 0 Å². The molecule has 1 aliphatic rings. The predicted molar refractivity (Wildman–Crippen MR) is 76.7 cm³/mol. The highest BCUT2D eigenvalue weighted by Crippen LogP contribution is 2.30. The zero-order valence-corrected chi connectivity index (χ0v) is 12.3. The van der Waals surface area contributed by atoms with Crippen LogP contribution in [0.15, 0.2) is 29.4 Å². The number of nitrogens with zero attached hydrogens (tertiary/aromatic N) is 3. The standard InChI is InChI=1S/C13H18N4O2S/c1-9-7-16(8-10(9)2)20(18,19)13-12(14)15-11-5-3-4-6-17(11)13/h3-6,9-10H,7-8,14H2,1-2H3. The first-order valence-corrected chi connectivity index (χ1v) is 8.08. The van der Waals surface area contributed by atoms with Gasteiger partial charge in [-0.2, -0.15) is 4.31 Å². The van der Waals surface area contributed by atoms with E-state index < -0.39 is 10.0 Å². The lowest BCUT2D eigenvalue weighted by atomic mass is 10.0. The van der Waals surface area contributed by atoms with E-state index in [0.717, 1.165) is 0 Å². The van der Waals surface area contributed by atoms with Gasteiger partial charge in [-0.3, -0.25) is 4.40 Å². The molecular formula is C13H18N4O2S. The molecule has 1 fully saturated rings. The molecular weight excluding hydrogens is 276 g/mol. The summed E-state index contributed by atoms with van der Waals surface area (Å²) in [5.74, 6) is 0.763. The number of pyridine rings is 1. The van der Waals surface area contributed by atoms with Gasteiger partial charge in [-0.15, -0.1) is 0 Å². The van der Waals surface area contributed by atoms with Crippen LogP contribution in [0.3, 0.4) is 0 Å². The van der Waals surface area contributed by atoms with Gasteiger partial charge in [-0.1, -0.05) is 19.9 Å². The molecule has 7 heteroatoms. The molecule has 2 N–H and O–H groups in total. The molecule has 0 radical (unpaired) electrons. The van der Waals surface area contributed by atoms with Crippen LogP contribution in [0.25, 0.3) is 5.65 Å². The molecule has 3 heterocycles. The fraction of sp³-hybridized carbons (Fsp3) is 0.462. The number of nitrogen functional groups attached to an aromatic ring is 1. The molecule has 2 aromatic heterocycles. The molecule has 0 aromatic carbocycles. The van der Waals surface area contributed by atoms with Crippen molar-refractivity contribution < 1.29 is 8.42 Å². The maximum Gasteiger partial charge on any atom is 0.262 e. The monoisotopic (exact) mass is 294 g/mol. The molecule has 3 rings (SSSR count). The molecule has 0 bridgehead atoms. The third-order valence-electron chi connectivity index (χ3n) is 4.05. The summed E-state index contributed by atoms with van der Waals surface area (Å²) in [6, 6.07) is 5.31. The fourth-order valence-corrected chi connectivity index (χ4v) is 4.46. The van der Waals surface area contributed by atoms with E-state index in [9.17, 15) is 8.42 Å². The first kappa shape index (κ1) is 13.4. The summed E-state index contributed by atoms with van der Waals surface area (Å²) in [6.45, 7) is 5.20. The number of sulfonamides is 1. The van der Waals surface area contributed by atoms with Crippen molar-refractivity contribution in [2.45, 2.75) is 18.9 Å². The van der Waals surface area contributed by atoms with E-state index >= 15 is 0 Å². The van der Waals surface area contributed by atoms with Crippen LogP contribution in [0.5, 0.6) is 0 Å². The smallest absolute Gasteiger partial charge is 0.262 e. The minimum Gasteiger partial charge on any atom is -0.381 e. The molecule has 1 aliphatic heterocycles. The van der Waals surface area contributed by atoms with Gasteiger partial charge in [-0.05, 0) is 24.0 Å². The Morgan fingerprint density at radius 1 is 1.25 bits per heavy atom. The Morgan fingerprint density at radius 3 is 2.55 bits per heavy atom. The molecule has 1 saturated heterocycles. The van der Waals surface area contributed by atoms with E-state index in [2.05, 4.69) is 18.8 Å². The third kappa shape index (κ3) is 1.89. The molecule has 2 atom stereocenters. The zero-order chi connectivity index (χ0) is 14.5. The number of nitrogens with two attached hydrogens (primary N) is 1. The summed E-state index contributed by atoms with van der Waals surface area (Å²) in [5.41, 5.74) is 6.38. The Bertz CT molecular complexity index is 743. The SMILES string of the molecule is CC1CN(S(=O)(=O)c2c(N)nc3ccccn23)CC1C. The number of aromatic nitrogens is 2. The number of anilines is 1. The maximum atomic E-state index is 12.8. The summed E-state index contributed by atoms with van der Waals surface area (Å²) in [6.07, 6.45) is 1.68. The van der Waals surface area contributed by atoms with Crippen LogP contribution in [0.1, 0.15) is 13.8 Å². The van der Waals surface area contributed by atoms with E-state index in [4.69, 9.17) is 5.73 Å². The fourth-order valence-electron chi connectivity index (χ4n) is 2.64. The molecule has 6 nitrogen and oxygen atoms in total. The Labute approximate surface area is 118 Å². The number of hydrogen-bond donors (Lipinski definition) is 1. The summed E-state index contributed by atoms with van der Waals surface area (Å²) in [7, 11) is -3.61. The van der Waals surface area contributed by atoms with Crippen LogP contribution in [0, 0.1) is 11.8 Å². The summed E-state index contributed by atoms with van der Waals surface area (Å²) < 4.78 is 28.7. The second-order valence-electron chi connectivity index (χ2n) is 5.51. The Kier molecular flexibility index (Phi) is 2.98. The van der Waals surface area contributed by atoms with Crippen molar-refractivity contribution in [1.82, 2.24) is 13.7 Å². The van der Waals surface area contributed by atoms with E-state index in [1.54, 1.807) is 28.8 Å². The first-order chi connectivity index (χ1) is 9.41. The minimum absolute atomic E-state index is 0.0587. The second-order valence-corrected chi connectivity index (χ2v) is 7.36. The molecule has 20 heavy (non-hydrogen) atoms. The molecule has 108 valence electrons. The van der Waals surface area contributed by atoms with Crippen LogP contribution in [-0.4, -0.2) is 35.2 Å². The number of imidazole rings is 1. The first-order valence-electron chi connectivity index (χ1n) is 6.64. The molecule has 0 amide bonds. The van der Waals surface area contributed by atoms with Crippen LogP contribution in [0.4, 0.5) is 5.82 Å². The van der Waals surface area contributed by atoms with E-state index in [1.165, 1.54) is 4.31 Å². The number of hydrogen-bond acceptors (Lipinski definition) is 4. The Hall–Kier alpha value is -1.60. The van der Waals surface area contributed by atoms with E-state index in [1.807, 2.05) is 0 Å². The van der Waals surface area contributed by atoms with Gasteiger partial charge < -0.3 is 5.73 Å². The highest BCUT2D eigenvalue weighted by atomic mass is 32.2. The topological polar surface area (TPSA) is 80.7 Å². The van der Waals surface area contributed by atoms with Crippen molar-refractivity contribution in [2.75, 3.05) is 18.8 Å². The molecule has 2 aromatic rings. The lowest BCUT2D eigenvalue weighted by Crippen LogP contribution is -2.30. The summed E-state index contributed by atoms with van der Waals surface area (Å²) >= 11 is 0. The second kappa shape index (κ2) is 4.46. The Morgan fingerprint density at radius 2 is 1.90 bits per heavy atom.